The normalized spacial score (nSPS) is 18.1. The van der Waals surface area contributed by atoms with Crippen molar-refractivity contribution in [1.82, 2.24) is 15.1 Å². The minimum atomic E-state index is -4.73. The van der Waals surface area contributed by atoms with Crippen LogP contribution in [0.25, 0.3) is 0 Å². The van der Waals surface area contributed by atoms with Crippen molar-refractivity contribution in [2.75, 3.05) is 26.2 Å². The molecule has 1 heterocycles. The minimum Gasteiger partial charge on any atom is -0.480 e. The lowest BCUT2D eigenvalue weighted by Gasteiger charge is -2.43. The molecule has 21 heavy (non-hydrogen) atoms. The van der Waals surface area contributed by atoms with Crippen molar-refractivity contribution in [3.63, 3.8) is 0 Å². The maximum atomic E-state index is 12.5. The van der Waals surface area contributed by atoms with Gasteiger partial charge in [-0.15, -0.1) is 0 Å². The molecule has 1 aliphatic rings. The van der Waals surface area contributed by atoms with Gasteiger partial charge in [-0.25, -0.2) is 4.79 Å². The molecule has 0 aromatic carbocycles. The second-order valence-electron chi connectivity index (χ2n) is 5.11. The molecule has 0 spiro atoms. The molecule has 0 radical (unpaired) electrons. The van der Waals surface area contributed by atoms with Crippen molar-refractivity contribution in [2.24, 2.45) is 0 Å². The highest BCUT2D eigenvalue weighted by molar-refractivity contribution is 5.92. The quantitative estimate of drug-likeness (QED) is 0.782. The van der Waals surface area contributed by atoms with E-state index in [9.17, 15) is 27.6 Å². The summed E-state index contributed by atoms with van der Waals surface area (Å²) in [7, 11) is 0. The first-order valence-electron chi connectivity index (χ1n) is 6.08. The first kappa shape index (κ1) is 17.1. The molecule has 1 saturated heterocycles. The summed E-state index contributed by atoms with van der Waals surface area (Å²) >= 11 is 0. The number of halogens is 3. The lowest BCUT2D eigenvalue weighted by molar-refractivity contribution is -0.150. The molecular formula is C11H16F3N3O4. The Hall–Kier alpha value is -2.00. The van der Waals surface area contributed by atoms with E-state index >= 15 is 0 Å². The van der Waals surface area contributed by atoms with Crippen LogP contribution in [0.2, 0.25) is 0 Å². The molecule has 3 amide bonds. The second-order valence-corrected chi connectivity index (χ2v) is 5.11. The fraction of sp³-hybridized carbons (Fsp3) is 0.727. The van der Waals surface area contributed by atoms with E-state index in [1.54, 1.807) is 0 Å². The number of rotatable bonds is 3. The zero-order valence-electron chi connectivity index (χ0n) is 11.5. The Morgan fingerprint density at radius 3 is 2.48 bits per heavy atom. The Bertz CT molecular complexity index is 450. The molecule has 10 heteroatoms. The summed E-state index contributed by atoms with van der Waals surface area (Å²) in [6.45, 7) is 0.0865. The molecule has 120 valence electrons. The zero-order valence-corrected chi connectivity index (χ0v) is 11.5. The summed E-state index contributed by atoms with van der Waals surface area (Å²) in [5.74, 6) is -2.07. The number of carboxylic acid groups (broad SMARTS) is 1. The second kappa shape index (κ2) is 5.78. The van der Waals surface area contributed by atoms with Gasteiger partial charge in [-0.3, -0.25) is 9.59 Å². The molecule has 0 saturated carbocycles. The molecule has 0 aromatic heterocycles. The van der Waals surface area contributed by atoms with E-state index < -0.39 is 42.7 Å². The molecule has 2 N–H and O–H groups in total. The van der Waals surface area contributed by atoms with Crippen LogP contribution in [-0.4, -0.2) is 70.7 Å². The average Bonchev–Trinajstić information content (AvgIpc) is 2.28. The topological polar surface area (TPSA) is 90.0 Å². The third-order valence-corrected chi connectivity index (χ3v) is 3.05. The molecule has 0 aliphatic carbocycles. The number of urea groups is 1. The number of alkyl halides is 3. The van der Waals surface area contributed by atoms with Crippen molar-refractivity contribution in [3.8, 4) is 0 Å². The van der Waals surface area contributed by atoms with Crippen LogP contribution in [-0.2, 0) is 9.59 Å². The molecule has 0 unspecified atom stereocenters. The average molecular weight is 311 g/mol. The number of nitrogens with one attached hydrogen (secondary N) is 1. The Morgan fingerprint density at radius 2 is 2.00 bits per heavy atom. The SMILES string of the molecule is CC1(C)C(=O)NCCN1C(=O)N(CC(=O)O)CC(F)(F)F. The van der Waals surface area contributed by atoms with Gasteiger partial charge < -0.3 is 20.2 Å². The standard InChI is InChI=1S/C11H16F3N3O4/c1-10(2)8(20)15-3-4-17(10)9(21)16(5-7(18)19)6-11(12,13)14/h3-6H2,1-2H3,(H,15,20)(H,18,19). The van der Waals surface area contributed by atoms with Crippen LogP contribution >= 0.6 is 0 Å². The summed E-state index contributed by atoms with van der Waals surface area (Å²) in [6.07, 6.45) is -4.73. The molecule has 1 aliphatic heterocycles. The monoisotopic (exact) mass is 311 g/mol. The van der Waals surface area contributed by atoms with Gasteiger partial charge in [0.1, 0.15) is 18.6 Å². The smallest absolute Gasteiger partial charge is 0.406 e. The Kier molecular flexibility index (Phi) is 4.69. The van der Waals surface area contributed by atoms with E-state index in [0.29, 0.717) is 0 Å². The number of amides is 3. The lowest BCUT2D eigenvalue weighted by atomic mass is 9.99. The molecular weight excluding hydrogens is 295 g/mol. The lowest BCUT2D eigenvalue weighted by Crippen LogP contribution is -2.66. The van der Waals surface area contributed by atoms with Gasteiger partial charge in [-0.05, 0) is 13.8 Å². The van der Waals surface area contributed by atoms with Crippen LogP contribution in [0.4, 0.5) is 18.0 Å². The molecule has 1 rings (SSSR count). The Labute approximate surface area is 118 Å². The summed E-state index contributed by atoms with van der Waals surface area (Å²) in [5.41, 5.74) is -1.35. The number of hydrogen-bond acceptors (Lipinski definition) is 3. The van der Waals surface area contributed by atoms with Gasteiger partial charge in [0.05, 0.1) is 0 Å². The van der Waals surface area contributed by atoms with Gasteiger partial charge in [0.15, 0.2) is 0 Å². The largest absolute Gasteiger partial charge is 0.480 e. The summed E-state index contributed by atoms with van der Waals surface area (Å²) in [4.78, 5) is 35.6. The van der Waals surface area contributed by atoms with E-state index in [1.165, 1.54) is 13.8 Å². The summed E-state index contributed by atoms with van der Waals surface area (Å²) in [6, 6.07) is -1.13. The van der Waals surface area contributed by atoms with Gasteiger partial charge >= 0.3 is 18.2 Å². The maximum Gasteiger partial charge on any atom is 0.406 e. The van der Waals surface area contributed by atoms with E-state index in [1.807, 2.05) is 0 Å². The highest BCUT2D eigenvalue weighted by Crippen LogP contribution is 2.22. The number of aliphatic carboxylic acids is 1. The molecule has 0 bridgehead atoms. The third-order valence-electron chi connectivity index (χ3n) is 3.05. The first-order valence-corrected chi connectivity index (χ1v) is 6.08. The van der Waals surface area contributed by atoms with Crippen molar-refractivity contribution in [2.45, 2.75) is 25.6 Å². The summed E-state index contributed by atoms with van der Waals surface area (Å²) in [5, 5.41) is 11.1. The number of carbonyl (C=O) groups excluding carboxylic acids is 2. The highest BCUT2D eigenvalue weighted by Gasteiger charge is 2.44. The van der Waals surface area contributed by atoms with Gasteiger partial charge in [-0.2, -0.15) is 13.2 Å². The van der Waals surface area contributed by atoms with Crippen LogP contribution < -0.4 is 5.32 Å². The third kappa shape index (κ3) is 4.23. The van der Waals surface area contributed by atoms with E-state index in [-0.39, 0.29) is 18.0 Å². The van der Waals surface area contributed by atoms with Crippen LogP contribution in [0, 0.1) is 0 Å². The number of carboxylic acids is 1. The highest BCUT2D eigenvalue weighted by atomic mass is 19.4. The minimum absolute atomic E-state index is 0.00551. The van der Waals surface area contributed by atoms with Crippen LogP contribution in [0.3, 0.4) is 0 Å². The number of carbonyl (C=O) groups is 3. The predicted molar refractivity (Wildman–Crippen MR) is 64.5 cm³/mol. The van der Waals surface area contributed by atoms with Gasteiger partial charge in [0.2, 0.25) is 5.91 Å². The molecule has 7 nitrogen and oxygen atoms in total. The van der Waals surface area contributed by atoms with Crippen LogP contribution in [0.5, 0.6) is 0 Å². The predicted octanol–water partition coefficient (Wildman–Crippen LogP) is 0.266. The van der Waals surface area contributed by atoms with Crippen molar-refractivity contribution in [3.05, 3.63) is 0 Å². The molecule has 1 fully saturated rings. The van der Waals surface area contributed by atoms with E-state index in [0.717, 1.165) is 4.90 Å². The fourth-order valence-electron chi connectivity index (χ4n) is 1.98. The van der Waals surface area contributed by atoms with Crippen molar-refractivity contribution < 1.29 is 32.7 Å². The van der Waals surface area contributed by atoms with Gasteiger partial charge in [-0.1, -0.05) is 0 Å². The van der Waals surface area contributed by atoms with Crippen molar-refractivity contribution >= 4 is 17.9 Å². The number of nitrogens with zero attached hydrogens (tertiary/aromatic N) is 2. The fourth-order valence-corrected chi connectivity index (χ4v) is 1.98. The Balaban J connectivity index is 2.98. The zero-order chi connectivity index (χ0) is 16.4. The van der Waals surface area contributed by atoms with Crippen LogP contribution in [0.1, 0.15) is 13.8 Å². The summed E-state index contributed by atoms with van der Waals surface area (Å²) < 4.78 is 37.4. The number of piperazine rings is 1. The molecule has 0 aromatic rings. The maximum absolute atomic E-state index is 12.5. The van der Waals surface area contributed by atoms with Gasteiger partial charge in [0, 0.05) is 13.1 Å². The van der Waals surface area contributed by atoms with Gasteiger partial charge in [0.25, 0.3) is 0 Å². The molecule has 0 atom stereocenters. The van der Waals surface area contributed by atoms with Crippen LogP contribution in [0.15, 0.2) is 0 Å². The van der Waals surface area contributed by atoms with E-state index in [4.69, 9.17) is 5.11 Å². The Morgan fingerprint density at radius 1 is 1.43 bits per heavy atom. The van der Waals surface area contributed by atoms with E-state index in [2.05, 4.69) is 5.32 Å². The van der Waals surface area contributed by atoms with Crippen molar-refractivity contribution in [1.29, 1.82) is 0 Å². The number of hydrogen-bond donors (Lipinski definition) is 2. The first-order chi connectivity index (χ1) is 9.45.